The van der Waals surface area contributed by atoms with E-state index in [1.54, 1.807) is 24.8 Å². The summed E-state index contributed by atoms with van der Waals surface area (Å²) in [7, 11) is 6.31. The van der Waals surface area contributed by atoms with Crippen molar-refractivity contribution in [3.05, 3.63) is 43.0 Å². The van der Waals surface area contributed by atoms with E-state index in [1.165, 1.54) is 0 Å². The molecule has 0 bridgehead atoms. The van der Waals surface area contributed by atoms with E-state index < -0.39 is 0 Å². The fourth-order valence-electron chi connectivity index (χ4n) is 3.51. The number of hydrogen-bond donors (Lipinski definition) is 0. The molecule has 3 heterocycles. The average Bonchev–Trinajstić information content (AvgIpc) is 2.60. The maximum absolute atomic E-state index is 4.88. The maximum Gasteiger partial charge on any atom is 0.162 e. The molecule has 0 aliphatic rings. The van der Waals surface area contributed by atoms with Crippen LogP contribution in [-0.2, 0) is 0 Å². The SMILES string of the molecule is CN(C)CC(C)(C)CN(C)c1nc(-c2ccncc2)nc2cnccc12. The van der Waals surface area contributed by atoms with Crippen LogP contribution in [-0.4, -0.2) is 59.1 Å². The summed E-state index contributed by atoms with van der Waals surface area (Å²) >= 11 is 0. The second-order valence-corrected chi connectivity index (χ2v) is 7.76. The highest BCUT2D eigenvalue weighted by Crippen LogP contribution is 2.28. The van der Waals surface area contributed by atoms with Gasteiger partial charge in [-0.15, -0.1) is 0 Å². The summed E-state index contributed by atoms with van der Waals surface area (Å²) in [6, 6.07) is 5.84. The Balaban J connectivity index is 2.03. The molecule has 0 saturated carbocycles. The topological polar surface area (TPSA) is 58.0 Å². The van der Waals surface area contributed by atoms with E-state index in [4.69, 9.17) is 9.97 Å². The van der Waals surface area contributed by atoms with Gasteiger partial charge in [0.25, 0.3) is 0 Å². The van der Waals surface area contributed by atoms with Crippen molar-refractivity contribution in [2.45, 2.75) is 13.8 Å². The Labute approximate surface area is 154 Å². The highest BCUT2D eigenvalue weighted by atomic mass is 15.2. The third-order valence-electron chi connectivity index (χ3n) is 4.19. The minimum Gasteiger partial charge on any atom is -0.358 e. The number of hydrogen-bond acceptors (Lipinski definition) is 6. The third kappa shape index (κ3) is 4.14. The molecule has 6 nitrogen and oxygen atoms in total. The van der Waals surface area contributed by atoms with Gasteiger partial charge in [0, 0.05) is 49.7 Å². The predicted octanol–water partition coefficient (Wildman–Crippen LogP) is 3.11. The van der Waals surface area contributed by atoms with Crippen molar-refractivity contribution >= 4 is 16.7 Å². The Morgan fingerprint density at radius 1 is 0.885 bits per heavy atom. The van der Waals surface area contributed by atoms with Gasteiger partial charge in [0.15, 0.2) is 5.82 Å². The van der Waals surface area contributed by atoms with Crippen molar-refractivity contribution in [2.24, 2.45) is 5.41 Å². The van der Waals surface area contributed by atoms with Crippen LogP contribution in [0.25, 0.3) is 22.3 Å². The van der Waals surface area contributed by atoms with Gasteiger partial charge < -0.3 is 9.80 Å². The summed E-state index contributed by atoms with van der Waals surface area (Å²) in [4.78, 5) is 22.3. The molecule has 0 aliphatic carbocycles. The lowest BCUT2D eigenvalue weighted by molar-refractivity contribution is 0.246. The first-order valence-corrected chi connectivity index (χ1v) is 8.74. The molecule has 0 spiro atoms. The number of aromatic nitrogens is 4. The number of nitrogens with zero attached hydrogens (tertiary/aromatic N) is 6. The Bertz CT molecular complexity index is 876. The van der Waals surface area contributed by atoms with E-state index in [2.05, 4.69) is 54.8 Å². The first kappa shape index (κ1) is 18.2. The van der Waals surface area contributed by atoms with Crippen LogP contribution < -0.4 is 4.90 Å². The molecule has 136 valence electrons. The zero-order valence-corrected chi connectivity index (χ0v) is 16.1. The van der Waals surface area contributed by atoms with Gasteiger partial charge in [-0.25, -0.2) is 9.97 Å². The average molecular weight is 350 g/mol. The molecular weight excluding hydrogens is 324 g/mol. The van der Waals surface area contributed by atoms with Crippen molar-refractivity contribution in [3.63, 3.8) is 0 Å². The molecule has 0 N–H and O–H groups in total. The van der Waals surface area contributed by atoms with E-state index in [-0.39, 0.29) is 5.41 Å². The first-order chi connectivity index (χ1) is 12.4. The molecule has 3 aromatic heterocycles. The van der Waals surface area contributed by atoms with Gasteiger partial charge in [0.2, 0.25) is 0 Å². The molecule has 0 saturated heterocycles. The molecule has 0 amide bonds. The molecule has 0 unspecified atom stereocenters. The maximum atomic E-state index is 4.88. The normalized spacial score (nSPS) is 11.9. The Kier molecular flexibility index (Phi) is 5.13. The van der Waals surface area contributed by atoms with E-state index in [0.717, 1.165) is 35.4 Å². The van der Waals surface area contributed by atoms with Crippen molar-refractivity contribution in [1.29, 1.82) is 0 Å². The number of anilines is 1. The van der Waals surface area contributed by atoms with Crippen molar-refractivity contribution in [1.82, 2.24) is 24.8 Å². The van der Waals surface area contributed by atoms with Gasteiger partial charge in [-0.2, -0.15) is 0 Å². The minimum absolute atomic E-state index is 0.124. The highest BCUT2D eigenvalue weighted by molar-refractivity contribution is 5.90. The number of fused-ring (bicyclic) bond motifs is 1. The van der Waals surface area contributed by atoms with E-state index in [0.29, 0.717) is 5.82 Å². The monoisotopic (exact) mass is 350 g/mol. The van der Waals surface area contributed by atoms with Crippen LogP contribution in [0.2, 0.25) is 0 Å². The fraction of sp³-hybridized carbons (Fsp3) is 0.400. The van der Waals surface area contributed by atoms with Crippen LogP contribution in [0.3, 0.4) is 0 Å². The quantitative estimate of drug-likeness (QED) is 0.681. The molecular formula is C20H26N6. The Morgan fingerprint density at radius 3 is 2.27 bits per heavy atom. The molecule has 26 heavy (non-hydrogen) atoms. The van der Waals surface area contributed by atoms with Crippen LogP contribution in [0.5, 0.6) is 0 Å². The van der Waals surface area contributed by atoms with Gasteiger partial charge in [-0.1, -0.05) is 13.8 Å². The molecule has 6 heteroatoms. The van der Waals surface area contributed by atoms with Gasteiger partial charge in [0.1, 0.15) is 5.82 Å². The lowest BCUT2D eigenvalue weighted by Gasteiger charge is -2.33. The molecule has 0 atom stereocenters. The van der Waals surface area contributed by atoms with Crippen molar-refractivity contribution in [2.75, 3.05) is 39.1 Å². The summed E-state index contributed by atoms with van der Waals surface area (Å²) in [6.07, 6.45) is 7.11. The van der Waals surface area contributed by atoms with Crippen LogP contribution >= 0.6 is 0 Å². The zero-order valence-electron chi connectivity index (χ0n) is 16.1. The second kappa shape index (κ2) is 7.33. The van der Waals surface area contributed by atoms with Gasteiger partial charge in [0.05, 0.1) is 11.7 Å². The summed E-state index contributed by atoms with van der Waals surface area (Å²) in [6.45, 7) is 6.44. The predicted molar refractivity (Wildman–Crippen MR) is 106 cm³/mol. The van der Waals surface area contributed by atoms with Gasteiger partial charge >= 0.3 is 0 Å². The summed E-state index contributed by atoms with van der Waals surface area (Å²) in [5.74, 6) is 1.62. The Morgan fingerprint density at radius 2 is 1.58 bits per heavy atom. The minimum atomic E-state index is 0.124. The van der Waals surface area contributed by atoms with Crippen LogP contribution in [0, 0.1) is 5.41 Å². The Hall–Kier alpha value is -2.60. The van der Waals surface area contributed by atoms with Crippen LogP contribution in [0.4, 0.5) is 5.82 Å². The molecule has 0 fully saturated rings. The number of pyridine rings is 2. The van der Waals surface area contributed by atoms with Gasteiger partial charge in [-0.3, -0.25) is 9.97 Å². The summed E-state index contributed by atoms with van der Waals surface area (Å²) in [5.41, 5.74) is 1.92. The molecule has 0 aliphatic heterocycles. The second-order valence-electron chi connectivity index (χ2n) is 7.76. The van der Waals surface area contributed by atoms with Crippen molar-refractivity contribution in [3.8, 4) is 11.4 Å². The fourth-order valence-corrected chi connectivity index (χ4v) is 3.51. The summed E-state index contributed by atoms with van der Waals surface area (Å²) < 4.78 is 0. The smallest absolute Gasteiger partial charge is 0.162 e. The molecule has 3 aromatic rings. The number of rotatable bonds is 6. The largest absolute Gasteiger partial charge is 0.358 e. The van der Waals surface area contributed by atoms with E-state index in [9.17, 15) is 0 Å². The lowest BCUT2D eigenvalue weighted by Crippen LogP contribution is -2.39. The zero-order chi connectivity index (χ0) is 18.7. The van der Waals surface area contributed by atoms with Crippen molar-refractivity contribution < 1.29 is 0 Å². The van der Waals surface area contributed by atoms with Crippen LogP contribution in [0.15, 0.2) is 43.0 Å². The van der Waals surface area contributed by atoms with E-state index >= 15 is 0 Å². The molecule has 0 radical (unpaired) electrons. The first-order valence-electron chi connectivity index (χ1n) is 8.74. The highest BCUT2D eigenvalue weighted by Gasteiger charge is 2.23. The molecule has 0 aromatic carbocycles. The molecule has 3 rings (SSSR count). The standard InChI is InChI=1S/C20H26N6/c1-20(2,13-25(3)4)14-26(5)19-16-8-11-22-12-17(16)23-18(24-19)15-6-9-21-10-7-15/h6-12H,13-14H2,1-5H3. The summed E-state index contributed by atoms with van der Waals surface area (Å²) in [5, 5.41) is 1.01. The third-order valence-corrected chi connectivity index (χ3v) is 4.19. The lowest BCUT2D eigenvalue weighted by atomic mass is 9.92. The van der Waals surface area contributed by atoms with E-state index in [1.807, 2.05) is 18.2 Å². The van der Waals surface area contributed by atoms with Crippen LogP contribution in [0.1, 0.15) is 13.8 Å². The van der Waals surface area contributed by atoms with Gasteiger partial charge in [-0.05, 0) is 37.7 Å².